The highest BCUT2D eigenvalue weighted by Gasteiger charge is 2.18. The van der Waals surface area contributed by atoms with Crippen LogP contribution < -0.4 is 4.74 Å². The molecule has 0 radical (unpaired) electrons. The fraction of sp³-hybridized carbons (Fsp3) is 0.600. The van der Waals surface area contributed by atoms with Crippen LogP contribution in [0.5, 0.6) is 5.75 Å². The van der Waals surface area contributed by atoms with Crippen LogP contribution in [-0.2, 0) is 16.3 Å². The van der Waals surface area contributed by atoms with Gasteiger partial charge in [0.15, 0.2) is 9.84 Å². The van der Waals surface area contributed by atoms with Gasteiger partial charge >= 0.3 is 0 Å². The summed E-state index contributed by atoms with van der Waals surface area (Å²) >= 11 is 0. The van der Waals surface area contributed by atoms with Crippen molar-refractivity contribution < 1.29 is 18.3 Å². The molecule has 1 aromatic carbocycles. The lowest BCUT2D eigenvalue weighted by Gasteiger charge is -2.22. The molecule has 0 amide bonds. The summed E-state index contributed by atoms with van der Waals surface area (Å²) < 4.78 is 28.7. The zero-order chi connectivity index (χ0) is 14.6. The molecule has 0 saturated heterocycles. The van der Waals surface area contributed by atoms with E-state index in [1.807, 2.05) is 25.1 Å². The highest BCUT2D eigenvalue weighted by atomic mass is 32.2. The minimum Gasteiger partial charge on any atom is -0.493 e. The van der Waals surface area contributed by atoms with Gasteiger partial charge in [-0.2, -0.15) is 0 Å². The van der Waals surface area contributed by atoms with Gasteiger partial charge in [-0.15, -0.1) is 0 Å². The van der Waals surface area contributed by atoms with Crippen molar-refractivity contribution in [3.63, 3.8) is 0 Å². The molecule has 1 aliphatic rings. The summed E-state index contributed by atoms with van der Waals surface area (Å²) in [6.07, 6.45) is 2.97. The van der Waals surface area contributed by atoms with Crippen LogP contribution in [-0.4, -0.2) is 31.6 Å². The highest BCUT2D eigenvalue weighted by Crippen LogP contribution is 2.32. The number of fused-ring (bicyclic) bond motifs is 1. The predicted molar refractivity (Wildman–Crippen MR) is 78.8 cm³/mol. The van der Waals surface area contributed by atoms with Crippen molar-refractivity contribution in [1.29, 1.82) is 0 Å². The molecule has 5 heteroatoms. The smallest absolute Gasteiger partial charge is 0.153 e. The summed E-state index contributed by atoms with van der Waals surface area (Å²) in [5, 5.41) is 9.96. The SMILES string of the molecule is CCCS(=O)(=O)CCOc1ccc2c(c1)C(O)CCC2. The molecule has 1 aromatic rings. The van der Waals surface area contributed by atoms with E-state index in [2.05, 4.69) is 0 Å². The van der Waals surface area contributed by atoms with Crippen molar-refractivity contribution in [3.8, 4) is 5.75 Å². The number of ether oxygens (including phenoxy) is 1. The average molecular weight is 298 g/mol. The third-order valence-corrected chi connectivity index (χ3v) is 5.40. The second-order valence-corrected chi connectivity index (χ2v) is 7.57. The quantitative estimate of drug-likeness (QED) is 0.875. The van der Waals surface area contributed by atoms with Crippen LogP contribution in [0.1, 0.15) is 43.4 Å². The van der Waals surface area contributed by atoms with Gasteiger partial charge in [-0.25, -0.2) is 8.42 Å². The Morgan fingerprint density at radius 1 is 1.35 bits per heavy atom. The van der Waals surface area contributed by atoms with E-state index in [9.17, 15) is 13.5 Å². The molecule has 112 valence electrons. The number of aliphatic hydroxyl groups excluding tert-OH is 1. The lowest BCUT2D eigenvalue weighted by Crippen LogP contribution is -2.17. The topological polar surface area (TPSA) is 63.6 Å². The van der Waals surface area contributed by atoms with Gasteiger partial charge < -0.3 is 9.84 Å². The summed E-state index contributed by atoms with van der Waals surface area (Å²) in [6.45, 7) is 2.01. The van der Waals surface area contributed by atoms with E-state index < -0.39 is 15.9 Å². The van der Waals surface area contributed by atoms with Gasteiger partial charge in [0, 0.05) is 0 Å². The van der Waals surface area contributed by atoms with Gasteiger partial charge in [-0.1, -0.05) is 13.0 Å². The first-order chi connectivity index (χ1) is 9.52. The second-order valence-electron chi connectivity index (χ2n) is 5.27. The molecule has 20 heavy (non-hydrogen) atoms. The highest BCUT2D eigenvalue weighted by molar-refractivity contribution is 7.91. The molecule has 1 aliphatic carbocycles. The fourth-order valence-electron chi connectivity index (χ4n) is 2.54. The number of aliphatic hydroxyl groups is 1. The third-order valence-electron chi connectivity index (χ3n) is 3.58. The predicted octanol–water partition coefficient (Wildman–Crippen LogP) is 2.26. The van der Waals surface area contributed by atoms with E-state index in [4.69, 9.17) is 4.74 Å². The van der Waals surface area contributed by atoms with Crippen molar-refractivity contribution in [2.45, 2.75) is 38.7 Å². The Morgan fingerprint density at radius 3 is 2.90 bits per heavy atom. The first-order valence-electron chi connectivity index (χ1n) is 7.16. The van der Waals surface area contributed by atoms with Crippen LogP contribution in [0, 0.1) is 0 Å². The summed E-state index contributed by atoms with van der Waals surface area (Å²) in [4.78, 5) is 0. The molecule has 1 N–H and O–H groups in total. The Balaban J connectivity index is 1.96. The Morgan fingerprint density at radius 2 is 2.15 bits per heavy atom. The fourth-order valence-corrected chi connectivity index (χ4v) is 3.70. The van der Waals surface area contributed by atoms with Gasteiger partial charge in [0.2, 0.25) is 0 Å². The normalized spacial score (nSPS) is 18.6. The van der Waals surface area contributed by atoms with Crippen molar-refractivity contribution in [2.75, 3.05) is 18.1 Å². The molecule has 0 bridgehead atoms. The van der Waals surface area contributed by atoms with Crippen LogP contribution in [0.4, 0.5) is 0 Å². The standard InChI is InChI=1S/C15H22O4S/c1-2-9-20(17,18)10-8-19-13-7-6-12-4-3-5-15(16)14(12)11-13/h6-7,11,15-16H,2-5,8-10H2,1H3. The Bertz CT molecular complexity index is 551. The molecule has 1 atom stereocenters. The van der Waals surface area contributed by atoms with E-state index in [0.29, 0.717) is 12.2 Å². The van der Waals surface area contributed by atoms with Crippen molar-refractivity contribution in [1.82, 2.24) is 0 Å². The van der Waals surface area contributed by atoms with Gasteiger partial charge in [0.25, 0.3) is 0 Å². The first-order valence-corrected chi connectivity index (χ1v) is 8.98. The molecule has 0 spiro atoms. The number of sulfone groups is 1. The maximum atomic E-state index is 11.6. The van der Waals surface area contributed by atoms with Crippen LogP contribution in [0.2, 0.25) is 0 Å². The molecule has 0 aromatic heterocycles. The Labute approximate surface area is 120 Å². The second kappa shape index (κ2) is 6.59. The van der Waals surface area contributed by atoms with E-state index in [1.54, 1.807) is 0 Å². The minimum atomic E-state index is -3.00. The molecule has 2 rings (SSSR count). The van der Waals surface area contributed by atoms with Crippen molar-refractivity contribution in [3.05, 3.63) is 29.3 Å². The third kappa shape index (κ3) is 3.96. The summed E-state index contributed by atoms with van der Waals surface area (Å²) in [6, 6.07) is 5.66. The lowest BCUT2D eigenvalue weighted by molar-refractivity contribution is 0.156. The van der Waals surface area contributed by atoms with Crippen molar-refractivity contribution in [2.24, 2.45) is 0 Å². The van der Waals surface area contributed by atoms with E-state index in [1.165, 1.54) is 0 Å². The summed E-state index contributed by atoms with van der Waals surface area (Å²) in [7, 11) is -3.00. The van der Waals surface area contributed by atoms with Gasteiger partial charge in [0.05, 0.1) is 17.6 Å². The van der Waals surface area contributed by atoms with Gasteiger partial charge in [0.1, 0.15) is 12.4 Å². The van der Waals surface area contributed by atoms with Crippen molar-refractivity contribution >= 4 is 9.84 Å². The van der Waals surface area contributed by atoms with Gasteiger partial charge in [-0.05, 0) is 48.9 Å². The summed E-state index contributed by atoms with van der Waals surface area (Å²) in [5.74, 6) is 0.885. The van der Waals surface area contributed by atoms with E-state index in [0.717, 1.165) is 30.4 Å². The molecule has 0 fully saturated rings. The number of rotatable bonds is 6. The molecule has 0 heterocycles. The Kier molecular flexibility index (Phi) is 5.05. The maximum Gasteiger partial charge on any atom is 0.153 e. The van der Waals surface area contributed by atoms with Crippen LogP contribution in [0.25, 0.3) is 0 Å². The van der Waals surface area contributed by atoms with Gasteiger partial charge in [-0.3, -0.25) is 0 Å². The number of hydrogen-bond donors (Lipinski definition) is 1. The van der Waals surface area contributed by atoms with Crippen LogP contribution in [0.15, 0.2) is 18.2 Å². The maximum absolute atomic E-state index is 11.6. The Hall–Kier alpha value is -1.07. The number of benzene rings is 1. The van der Waals surface area contributed by atoms with Crippen LogP contribution in [0.3, 0.4) is 0 Å². The molecule has 4 nitrogen and oxygen atoms in total. The zero-order valence-electron chi connectivity index (χ0n) is 11.8. The molecule has 0 saturated carbocycles. The molecule has 0 aliphatic heterocycles. The molecule has 1 unspecified atom stereocenters. The molecular weight excluding hydrogens is 276 g/mol. The largest absolute Gasteiger partial charge is 0.493 e. The first kappa shape index (κ1) is 15.3. The molecular formula is C15H22O4S. The van der Waals surface area contributed by atoms with E-state index in [-0.39, 0.29) is 18.1 Å². The lowest BCUT2D eigenvalue weighted by atomic mass is 9.89. The minimum absolute atomic E-state index is 0.0421. The zero-order valence-corrected chi connectivity index (χ0v) is 12.7. The monoisotopic (exact) mass is 298 g/mol. The van der Waals surface area contributed by atoms with E-state index >= 15 is 0 Å². The number of aryl methyl sites for hydroxylation is 1. The average Bonchev–Trinajstić information content (AvgIpc) is 2.39. The number of hydrogen-bond acceptors (Lipinski definition) is 4. The summed E-state index contributed by atoms with van der Waals surface area (Å²) in [5.41, 5.74) is 2.08. The van der Waals surface area contributed by atoms with Crippen LogP contribution >= 0.6 is 0 Å².